The summed E-state index contributed by atoms with van der Waals surface area (Å²) in [5.74, 6) is -0.193. The van der Waals surface area contributed by atoms with Gasteiger partial charge >= 0.3 is 0 Å². The minimum atomic E-state index is -4.60. The van der Waals surface area contributed by atoms with Crippen molar-refractivity contribution in [1.82, 2.24) is 5.32 Å². The summed E-state index contributed by atoms with van der Waals surface area (Å²) in [5.41, 5.74) is 0. The molecule has 0 aliphatic rings. The fraction of sp³-hybridized carbons (Fsp3) is 0.814. The molecular formula is C70H131N2O6P. The maximum atomic E-state index is 13.0. The summed E-state index contributed by atoms with van der Waals surface area (Å²) in [4.78, 5) is 25.6. The number of carbonyl (C=O) groups is 1. The van der Waals surface area contributed by atoms with E-state index >= 15 is 0 Å². The van der Waals surface area contributed by atoms with Crippen LogP contribution in [0.2, 0.25) is 0 Å². The molecule has 0 aliphatic carbocycles. The van der Waals surface area contributed by atoms with Crippen LogP contribution in [0, 0.1) is 0 Å². The van der Waals surface area contributed by atoms with Crippen LogP contribution in [0.15, 0.2) is 72.9 Å². The number of phosphoric ester groups is 1. The van der Waals surface area contributed by atoms with E-state index in [0.717, 1.165) is 70.6 Å². The Hall–Kier alpha value is -2.06. The zero-order valence-corrected chi connectivity index (χ0v) is 53.7. The number of hydrogen-bond donors (Lipinski definition) is 2. The summed E-state index contributed by atoms with van der Waals surface area (Å²) < 4.78 is 23.4. The van der Waals surface area contributed by atoms with E-state index in [2.05, 4.69) is 79.9 Å². The summed E-state index contributed by atoms with van der Waals surface area (Å²) in [6, 6.07) is -0.889. The van der Waals surface area contributed by atoms with Gasteiger partial charge in [-0.05, 0) is 64.2 Å². The second-order valence-corrected chi connectivity index (χ2v) is 25.6. The van der Waals surface area contributed by atoms with Gasteiger partial charge in [0.25, 0.3) is 7.82 Å². The highest BCUT2D eigenvalue weighted by atomic mass is 31.2. The molecule has 1 amide bonds. The van der Waals surface area contributed by atoms with Crippen molar-refractivity contribution < 1.29 is 32.9 Å². The summed E-state index contributed by atoms with van der Waals surface area (Å²) in [7, 11) is 1.27. The quantitative estimate of drug-likeness (QED) is 0.0272. The van der Waals surface area contributed by atoms with E-state index in [-0.39, 0.29) is 19.1 Å². The Balaban J connectivity index is 4.04. The predicted octanol–water partition coefficient (Wildman–Crippen LogP) is 20.8. The van der Waals surface area contributed by atoms with Crippen LogP contribution in [-0.2, 0) is 18.4 Å². The van der Waals surface area contributed by atoms with Crippen LogP contribution in [0.4, 0.5) is 0 Å². The minimum absolute atomic E-state index is 0.000951. The average molecular weight is 1130 g/mol. The topological polar surface area (TPSA) is 108 Å². The number of nitrogens with zero attached hydrogens (tertiary/aromatic N) is 1. The third-order valence-corrected chi connectivity index (χ3v) is 16.1. The molecule has 3 unspecified atom stereocenters. The van der Waals surface area contributed by atoms with Gasteiger partial charge in [0.2, 0.25) is 5.91 Å². The van der Waals surface area contributed by atoms with Crippen LogP contribution < -0.4 is 10.2 Å². The molecule has 0 spiro atoms. The zero-order chi connectivity index (χ0) is 57.7. The van der Waals surface area contributed by atoms with Crippen LogP contribution in [0.3, 0.4) is 0 Å². The number of aliphatic hydroxyl groups is 1. The fourth-order valence-electron chi connectivity index (χ4n) is 9.95. The number of hydrogen-bond acceptors (Lipinski definition) is 6. The summed E-state index contributed by atoms with van der Waals surface area (Å²) in [5, 5.41) is 14.0. The Labute approximate surface area is 491 Å². The molecule has 0 radical (unpaired) electrons. The monoisotopic (exact) mass is 1130 g/mol. The molecule has 8 nitrogen and oxygen atoms in total. The van der Waals surface area contributed by atoms with E-state index in [1.807, 2.05) is 27.2 Å². The van der Waals surface area contributed by atoms with Gasteiger partial charge in [0.1, 0.15) is 13.2 Å². The normalized spacial score (nSPS) is 14.2. The number of likely N-dealkylation sites (N-methyl/N-ethyl adjacent to an activating group) is 1. The van der Waals surface area contributed by atoms with Crippen LogP contribution in [0.25, 0.3) is 0 Å². The maximum Gasteiger partial charge on any atom is 0.268 e. The van der Waals surface area contributed by atoms with Gasteiger partial charge in [-0.2, -0.15) is 0 Å². The van der Waals surface area contributed by atoms with E-state index in [1.165, 1.54) is 225 Å². The Kier molecular flexibility index (Phi) is 59.0. The van der Waals surface area contributed by atoms with Gasteiger partial charge in [0, 0.05) is 6.42 Å². The second kappa shape index (κ2) is 60.5. The Morgan fingerprint density at radius 3 is 1.13 bits per heavy atom. The van der Waals surface area contributed by atoms with Crippen LogP contribution in [-0.4, -0.2) is 68.5 Å². The maximum absolute atomic E-state index is 13.0. The molecule has 0 aromatic heterocycles. The van der Waals surface area contributed by atoms with Crippen LogP contribution in [0.1, 0.15) is 316 Å². The van der Waals surface area contributed by atoms with E-state index in [4.69, 9.17) is 9.05 Å². The first-order chi connectivity index (χ1) is 38.5. The van der Waals surface area contributed by atoms with Gasteiger partial charge in [-0.25, -0.2) is 0 Å². The lowest BCUT2D eigenvalue weighted by Crippen LogP contribution is -2.45. The van der Waals surface area contributed by atoms with E-state index in [9.17, 15) is 19.4 Å². The molecule has 0 aromatic carbocycles. The fourth-order valence-corrected chi connectivity index (χ4v) is 10.7. The molecule has 0 aromatic rings. The molecule has 0 aliphatic heterocycles. The third kappa shape index (κ3) is 63.4. The van der Waals surface area contributed by atoms with Crippen LogP contribution >= 0.6 is 7.82 Å². The number of nitrogens with one attached hydrogen (secondary N) is 1. The SMILES string of the molecule is CC/C=C\C/C=C\C/C=C\C/C=C\C/C=C\CCCCCCCCCCCCCCCCCCCCCC(=O)NC(COP(=O)([O-])OCC[N+](C)(C)C)C(O)/C=C/CCCCCCCCCCCCCCCCCCCCCC. The lowest BCUT2D eigenvalue weighted by Gasteiger charge is -2.29. The number of phosphoric acid groups is 1. The van der Waals surface area contributed by atoms with Crippen molar-refractivity contribution in [2.45, 2.75) is 328 Å². The molecule has 0 heterocycles. The molecular weight excluding hydrogens is 996 g/mol. The van der Waals surface area contributed by atoms with Crippen molar-refractivity contribution in [3.63, 3.8) is 0 Å². The van der Waals surface area contributed by atoms with Gasteiger partial charge in [-0.15, -0.1) is 0 Å². The highest BCUT2D eigenvalue weighted by Crippen LogP contribution is 2.38. The van der Waals surface area contributed by atoms with Crippen molar-refractivity contribution >= 4 is 13.7 Å². The highest BCUT2D eigenvalue weighted by molar-refractivity contribution is 7.45. The number of amides is 1. The molecule has 9 heteroatoms. The molecule has 462 valence electrons. The Bertz CT molecular complexity index is 1520. The third-order valence-electron chi connectivity index (χ3n) is 15.2. The van der Waals surface area contributed by atoms with Crippen molar-refractivity contribution in [2.24, 2.45) is 0 Å². The standard InChI is InChI=1S/C70H131N2O6P/c1-6-8-10-12-14-16-18-20-22-24-26-28-30-31-32-33-34-35-36-37-38-39-40-41-42-44-46-48-50-52-54-56-58-60-62-64-70(74)71-68(67-78-79(75,76)77-66-65-72(3,4)5)69(73)63-61-59-57-55-53-51-49-47-45-43-29-27-25-23-21-19-17-15-13-11-9-7-2/h8,10,14,16,20,22,26,28,31-32,61,63,68-69,73H,6-7,9,11-13,15,17-19,21,23-25,27,29-30,33-60,62,64-67H2,1-5H3,(H-,71,74,75,76)/b10-8-,16-14-,22-20-,28-26-,32-31-,63-61+. The van der Waals surface area contributed by atoms with Gasteiger partial charge in [-0.1, -0.05) is 318 Å². The van der Waals surface area contributed by atoms with Gasteiger partial charge < -0.3 is 28.8 Å². The summed E-state index contributed by atoms with van der Waals surface area (Å²) >= 11 is 0. The minimum Gasteiger partial charge on any atom is -0.756 e. The largest absolute Gasteiger partial charge is 0.756 e. The number of quaternary nitrogens is 1. The smallest absolute Gasteiger partial charge is 0.268 e. The molecule has 0 bridgehead atoms. The van der Waals surface area contributed by atoms with Crippen molar-refractivity contribution in [2.75, 3.05) is 40.9 Å². The number of allylic oxidation sites excluding steroid dienone is 11. The van der Waals surface area contributed by atoms with E-state index in [1.54, 1.807) is 6.08 Å². The second-order valence-electron chi connectivity index (χ2n) is 24.2. The van der Waals surface area contributed by atoms with Gasteiger partial charge in [-0.3, -0.25) is 9.36 Å². The van der Waals surface area contributed by atoms with Gasteiger partial charge in [0.05, 0.1) is 39.9 Å². The van der Waals surface area contributed by atoms with E-state index in [0.29, 0.717) is 17.4 Å². The van der Waals surface area contributed by atoms with E-state index < -0.39 is 20.0 Å². The first-order valence-electron chi connectivity index (χ1n) is 33.8. The lowest BCUT2D eigenvalue weighted by molar-refractivity contribution is -0.870. The number of aliphatic hydroxyl groups excluding tert-OH is 1. The first kappa shape index (κ1) is 76.9. The number of rotatable bonds is 62. The van der Waals surface area contributed by atoms with Crippen molar-refractivity contribution in [1.29, 1.82) is 0 Å². The first-order valence-corrected chi connectivity index (χ1v) is 35.3. The predicted molar refractivity (Wildman–Crippen MR) is 344 cm³/mol. The Morgan fingerprint density at radius 2 is 0.772 bits per heavy atom. The van der Waals surface area contributed by atoms with Crippen LogP contribution in [0.5, 0.6) is 0 Å². The number of unbranched alkanes of at least 4 members (excludes halogenated alkanes) is 39. The van der Waals surface area contributed by atoms with Crippen molar-refractivity contribution in [3.8, 4) is 0 Å². The molecule has 79 heavy (non-hydrogen) atoms. The summed E-state index contributed by atoms with van der Waals surface area (Å²) in [6.07, 6.45) is 84.4. The molecule has 3 atom stereocenters. The highest BCUT2D eigenvalue weighted by Gasteiger charge is 2.23. The molecule has 0 rings (SSSR count). The summed E-state index contributed by atoms with van der Waals surface area (Å²) in [6.45, 7) is 4.57. The van der Waals surface area contributed by atoms with Gasteiger partial charge in [0.15, 0.2) is 0 Å². The zero-order valence-electron chi connectivity index (χ0n) is 52.8. The average Bonchev–Trinajstić information content (AvgIpc) is 3.42. The Morgan fingerprint density at radius 1 is 0.456 bits per heavy atom. The lowest BCUT2D eigenvalue weighted by atomic mass is 10.0. The molecule has 0 saturated carbocycles. The van der Waals surface area contributed by atoms with Crippen molar-refractivity contribution in [3.05, 3.63) is 72.9 Å². The molecule has 0 saturated heterocycles. The number of carbonyl (C=O) groups excluding carboxylic acids is 1. The molecule has 2 N–H and O–H groups in total. The molecule has 0 fully saturated rings.